The number of nitrogens with one attached hydrogen (secondary N) is 2. The quantitative estimate of drug-likeness (QED) is 0.599. The van der Waals surface area contributed by atoms with Gasteiger partial charge in [-0.05, 0) is 36.8 Å². The summed E-state index contributed by atoms with van der Waals surface area (Å²) in [5.74, 6) is -1.61. The fraction of sp³-hybridized carbons (Fsp3) is 0.211. The largest absolute Gasteiger partial charge is 0.456 e. The van der Waals surface area contributed by atoms with Crippen molar-refractivity contribution in [2.24, 2.45) is 0 Å². The van der Waals surface area contributed by atoms with Crippen molar-refractivity contribution in [2.75, 3.05) is 17.2 Å². The Balaban J connectivity index is 1.74. The van der Waals surface area contributed by atoms with Crippen molar-refractivity contribution < 1.29 is 19.1 Å². The molecule has 0 radical (unpaired) electrons. The average molecular weight is 444 g/mol. The van der Waals surface area contributed by atoms with Gasteiger partial charge in [0.05, 0.1) is 22.2 Å². The maximum atomic E-state index is 11.9. The van der Waals surface area contributed by atoms with Gasteiger partial charge >= 0.3 is 5.97 Å². The molecule has 0 bridgehead atoms. The van der Waals surface area contributed by atoms with E-state index in [1.807, 2.05) is 6.92 Å². The topological polar surface area (TPSA) is 84.5 Å². The van der Waals surface area contributed by atoms with Gasteiger partial charge < -0.3 is 15.4 Å². The van der Waals surface area contributed by atoms with Crippen molar-refractivity contribution in [1.82, 2.24) is 0 Å². The van der Waals surface area contributed by atoms with Gasteiger partial charge in [0, 0.05) is 17.1 Å². The lowest BCUT2D eigenvalue weighted by Crippen LogP contribution is -2.22. The normalized spacial score (nSPS) is 10.3. The standard InChI is InChI=1S/C19H17Cl3N2O4/c1-11-5-6-12(20)9-15(11)24-17(26)10-28-18(27)8-7-16(25)23-14-4-2-3-13(21)19(14)22/h2-6,9H,7-8,10H2,1H3,(H,23,25)(H,24,26). The number of aryl methyl sites for hydroxylation is 1. The van der Waals surface area contributed by atoms with Crippen LogP contribution in [0.15, 0.2) is 36.4 Å². The Bertz CT molecular complexity index is 881. The molecule has 0 atom stereocenters. The number of esters is 1. The molecule has 0 saturated carbocycles. The Kier molecular flexibility index (Phi) is 8.11. The molecule has 28 heavy (non-hydrogen) atoms. The number of hydrogen-bond acceptors (Lipinski definition) is 4. The monoisotopic (exact) mass is 442 g/mol. The van der Waals surface area contributed by atoms with Crippen molar-refractivity contribution in [2.45, 2.75) is 19.8 Å². The number of amides is 2. The van der Waals surface area contributed by atoms with Crippen LogP contribution < -0.4 is 10.6 Å². The van der Waals surface area contributed by atoms with E-state index < -0.39 is 24.4 Å². The van der Waals surface area contributed by atoms with E-state index in [0.717, 1.165) is 5.56 Å². The highest BCUT2D eigenvalue weighted by Crippen LogP contribution is 2.29. The predicted octanol–water partition coefficient (Wildman–Crippen LogP) is 4.86. The minimum absolute atomic E-state index is 0.128. The Morgan fingerprint density at radius 1 is 0.929 bits per heavy atom. The summed E-state index contributed by atoms with van der Waals surface area (Å²) in [5, 5.41) is 6.17. The minimum Gasteiger partial charge on any atom is -0.456 e. The van der Waals surface area contributed by atoms with Crippen LogP contribution in [0, 0.1) is 6.92 Å². The fourth-order valence-electron chi connectivity index (χ4n) is 2.16. The van der Waals surface area contributed by atoms with Gasteiger partial charge in [-0.3, -0.25) is 14.4 Å². The first-order valence-electron chi connectivity index (χ1n) is 8.21. The maximum absolute atomic E-state index is 11.9. The molecular formula is C19H17Cl3N2O4. The van der Waals surface area contributed by atoms with Gasteiger partial charge in [-0.1, -0.05) is 46.9 Å². The third kappa shape index (κ3) is 6.71. The molecule has 0 aliphatic carbocycles. The molecule has 2 aromatic carbocycles. The zero-order valence-corrected chi connectivity index (χ0v) is 17.1. The van der Waals surface area contributed by atoms with Crippen molar-refractivity contribution in [3.8, 4) is 0 Å². The molecule has 2 aromatic rings. The molecular weight excluding hydrogens is 427 g/mol. The van der Waals surface area contributed by atoms with Crippen LogP contribution in [0.1, 0.15) is 18.4 Å². The molecule has 0 heterocycles. The Morgan fingerprint density at radius 2 is 1.64 bits per heavy atom. The molecule has 0 saturated heterocycles. The Hall–Kier alpha value is -2.28. The molecule has 2 rings (SSSR count). The number of carbonyl (C=O) groups is 3. The van der Waals surface area contributed by atoms with Crippen LogP contribution >= 0.6 is 34.8 Å². The summed E-state index contributed by atoms with van der Waals surface area (Å²) in [6.45, 7) is 1.34. The molecule has 2 N–H and O–H groups in total. The minimum atomic E-state index is -0.676. The highest BCUT2D eigenvalue weighted by Gasteiger charge is 2.13. The number of halogens is 3. The molecule has 6 nitrogen and oxygen atoms in total. The number of benzene rings is 2. The lowest BCUT2D eigenvalue weighted by Gasteiger charge is -2.10. The second-order valence-electron chi connectivity index (χ2n) is 5.82. The predicted molar refractivity (Wildman–Crippen MR) is 110 cm³/mol. The Labute approximate surface area is 177 Å². The van der Waals surface area contributed by atoms with E-state index in [1.165, 1.54) is 0 Å². The van der Waals surface area contributed by atoms with Crippen LogP contribution in [0.25, 0.3) is 0 Å². The second kappa shape index (κ2) is 10.3. The lowest BCUT2D eigenvalue weighted by molar-refractivity contribution is -0.147. The number of rotatable bonds is 7. The number of hydrogen-bond donors (Lipinski definition) is 2. The number of anilines is 2. The highest BCUT2D eigenvalue weighted by molar-refractivity contribution is 6.44. The van der Waals surface area contributed by atoms with Crippen LogP contribution in [-0.4, -0.2) is 24.4 Å². The van der Waals surface area contributed by atoms with Gasteiger partial charge in [-0.15, -0.1) is 0 Å². The third-order valence-corrected chi connectivity index (χ3v) is 4.67. The molecule has 0 aliphatic heterocycles. The van der Waals surface area contributed by atoms with E-state index in [0.29, 0.717) is 21.4 Å². The van der Waals surface area contributed by atoms with E-state index >= 15 is 0 Å². The smallest absolute Gasteiger partial charge is 0.306 e. The summed E-state index contributed by atoms with van der Waals surface area (Å²) >= 11 is 17.7. The van der Waals surface area contributed by atoms with E-state index in [2.05, 4.69) is 10.6 Å². The molecule has 148 valence electrons. The van der Waals surface area contributed by atoms with Crippen molar-refractivity contribution in [1.29, 1.82) is 0 Å². The lowest BCUT2D eigenvalue weighted by atomic mass is 10.2. The van der Waals surface area contributed by atoms with Gasteiger partial charge in [-0.2, -0.15) is 0 Å². The van der Waals surface area contributed by atoms with Crippen LogP contribution in [0.4, 0.5) is 11.4 Å². The van der Waals surface area contributed by atoms with Crippen LogP contribution in [0.5, 0.6) is 0 Å². The zero-order valence-electron chi connectivity index (χ0n) is 14.9. The average Bonchev–Trinajstić information content (AvgIpc) is 2.65. The molecule has 2 amide bonds. The van der Waals surface area contributed by atoms with E-state index in [4.69, 9.17) is 39.5 Å². The van der Waals surface area contributed by atoms with Crippen molar-refractivity contribution in [3.05, 3.63) is 57.0 Å². The summed E-state index contributed by atoms with van der Waals surface area (Å²) in [7, 11) is 0. The SMILES string of the molecule is Cc1ccc(Cl)cc1NC(=O)COC(=O)CCC(=O)Nc1cccc(Cl)c1Cl. The molecule has 9 heteroatoms. The van der Waals surface area contributed by atoms with E-state index in [9.17, 15) is 14.4 Å². The number of ether oxygens (including phenoxy) is 1. The van der Waals surface area contributed by atoms with Crippen molar-refractivity contribution >= 4 is 64.0 Å². The molecule has 0 unspecified atom stereocenters. The third-order valence-electron chi connectivity index (χ3n) is 3.62. The van der Waals surface area contributed by atoms with E-state index in [-0.39, 0.29) is 17.9 Å². The summed E-state index contributed by atoms with van der Waals surface area (Å²) < 4.78 is 4.88. The van der Waals surface area contributed by atoms with Gasteiger partial charge in [0.2, 0.25) is 5.91 Å². The summed E-state index contributed by atoms with van der Waals surface area (Å²) in [6.07, 6.45) is -0.315. The van der Waals surface area contributed by atoms with Crippen molar-refractivity contribution in [3.63, 3.8) is 0 Å². The first-order valence-corrected chi connectivity index (χ1v) is 9.35. The number of carbonyl (C=O) groups excluding carboxylic acids is 3. The molecule has 0 fully saturated rings. The summed E-state index contributed by atoms with van der Waals surface area (Å²) in [4.78, 5) is 35.6. The van der Waals surface area contributed by atoms with Gasteiger partial charge in [-0.25, -0.2) is 0 Å². The van der Waals surface area contributed by atoms with Gasteiger partial charge in [0.25, 0.3) is 5.91 Å². The maximum Gasteiger partial charge on any atom is 0.306 e. The first-order chi connectivity index (χ1) is 13.3. The molecule has 0 aliphatic rings. The first kappa shape index (κ1) is 22.0. The molecule has 0 spiro atoms. The highest BCUT2D eigenvalue weighted by atomic mass is 35.5. The van der Waals surface area contributed by atoms with Gasteiger partial charge in [0.15, 0.2) is 6.61 Å². The fourth-order valence-corrected chi connectivity index (χ4v) is 2.68. The zero-order chi connectivity index (χ0) is 20.7. The summed E-state index contributed by atoms with van der Waals surface area (Å²) in [5.41, 5.74) is 1.70. The van der Waals surface area contributed by atoms with Crippen LogP contribution in [-0.2, 0) is 19.1 Å². The van der Waals surface area contributed by atoms with Crippen LogP contribution in [0.2, 0.25) is 15.1 Å². The summed E-state index contributed by atoms with van der Waals surface area (Å²) in [6, 6.07) is 9.88. The second-order valence-corrected chi connectivity index (χ2v) is 7.04. The molecule has 0 aromatic heterocycles. The Morgan fingerprint density at radius 3 is 2.39 bits per heavy atom. The van der Waals surface area contributed by atoms with E-state index in [1.54, 1.807) is 36.4 Å². The van der Waals surface area contributed by atoms with Gasteiger partial charge in [0.1, 0.15) is 0 Å². The van der Waals surface area contributed by atoms with Crippen LogP contribution in [0.3, 0.4) is 0 Å².